The van der Waals surface area contributed by atoms with Gasteiger partial charge in [-0.05, 0) is 24.6 Å². The molecule has 1 aromatic heterocycles. The summed E-state index contributed by atoms with van der Waals surface area (Å²) in [6.45, 7) is 3.33. The molecule has 1 atom stereocenters. The molecule has 0 saturated heterocycles. The van der Waals surface area contributed by atoms with Crippen molar-refractivity contribution in [3.05, 3.63) is 52.6 Å². The minimum absolute atomic E-state index is 0.00162. The van der Waals surface area contributed by atoms with E-state index in [1.165, 1.54) is 12.1 Å². The molecule has 0 radical (unpaired) electrons. The fraction of sp³-hybridized carbons (Fsp3) is 0.368. The van der Waals surface area contributed by atoms with Crippen LogP contribution in [-0.4, -0.2) is 50.9 Å². The van der Waals surface area contributed by atoms with E-state index in [0.29, 0.717) is 26.1 Å². The van der Waals surface area contributed by atoms with Gasteiger partial charge in [-0.3, -0.25) is 9.59 Å². The van der Waals surface area contributed by atoms with E-state index in [0.717, 1.165) is 11.3 Å². The van der Waals surface area contributed by atoms with Gasteiger partial charge in [0.2, 0.25) is 0 Å². The Morgan fingerprint density at radius 3 is 2.58 bits per heavy atom. The van der Waals surface area contributed by atoms with Gasteiger partial charge in [0.15, 0.2) is 11.4 Å². The predicted octanol–water partition coefficient (Wildman–Crippen LogP) is 2.01. The van der Waals surface area contributed by atoms with E-state index < -0.39 is 0 Å². The summed E-state index contributed by atoms with van der Waals surface area (Å²) in [6.07, 6.45) is 0.569. The van der Waals surface area contributed by atoms with Crippen LogP contribution in [0.3, 0.4) is 0 Å². The highest BCUT2D eigenvalue weighted by Crippen LogP contribution is 2.37. The molecular formula is C19H20FN3O3. The molecule has 2 aromatic rings. The van der Waals surface area contributed by atoms with Crippen LogP contribution >= 0.6 is 0 Å². The smallest absolute Gasteiger partial charge is 0.274 e. The van der Waals surface area contributed by atoms with Gasteiger partial charge in [-0.2, -0.15) is 0 Å². The van der Waals surface area contributed by atoms with Crippen molar-refractivity contribution in [1.82, 2.24) is 14.4 Å². The molecule has 1 unspecified atom stereocenters. The lowest BCUT2D eigenvalue weighted by Crippen LogP contribution is -2.44. The Bertz CT molecular complexity index is 904. The maximum atomic E-state index is 13.1. The fourth-order valence-corrected chi connectivity index (χ4v) is 3.77. The lowest BCUT2D eigenvalue weighted by Gasteiger charge is -2.33. The summed E-state index contributed by atoms with van der Waals surface area (Å²) in [7, 11) is 1.70. The van der Waals surface area contributed by atoms with Crippen molar-refractivity contribution in [1.29, 1.82) is 0 Å². The Morgan fingerprint density at radius 1 is 1.19 bits per heavy atom. The van der Waals surface area contributed by atoms with Crippen LogP contribution in [0, 0.1) is 5.82 Å². The van der Waals surface area contributed by atoms with Crippen LogP contribution in [0.1, 0.15) is 39.0 Å². The number of rotatable bonds is 2. The van der Waals surface area contributed by atoms with Crippen LogP contribution in [0.15, 0.2) is 24.3 Å². The van der Waals surface area contributed by atoms with Crippen molar-refractivity contribution in [3.8, 4) is 5.75 Å². The molecule has 0 aliphatic carbocycles. The van der Waals surface area contributed by atoms with Crippen LogP contribution in [0.2, 0.25) is 0 Å². The zero-order chi connectivity index (χ0) is 18.6. The van der Waals surface area contributed by atoms with E-state index in [-0.39, 0.29) is 40.7 Å². The van der Waals surface area contributed by atoms with Gasteiger partial charge in [0.25, 0.3) is 11.8 Å². The first-order chi connectivity index (χ1) is 12.4. The average molecular weight is 357 g/mol. The number of hydrogen-bond acceptors (Lipinski definition) is 3. The minimum atomic E-state index is -0.324. The Balaban J connectivity index is 1.69. The molecule has 0 saturated carbocycles. The molecule has 26 heavy (non-hydrogen) atoms. The van der Waals surface area contributed by atoms with E-state index in [2.05, 4.69) is 0 Å². The Labute approximate surface area is 150 Å². The Kier molecular flexibility index (Phi) is 3.75. The molecule has 1 aromatic carbocycles. The van der Waals surface area contributed by atoms with Crippen molar-refractivity contribution in [2.45, 2.75) is 32.5 Å². The molecule has 6 nitrogen and oxygen atoms in total. The molecule has 0 spiro atoms. The largest absolute Gasteiger partial charge is 0.505 e. The monoisotopic (exact) mass is 357 g/mol. The second kappa shape index (κ2) is 5.86. The number of benzene rings is 1. The highest BCUT2D eigenvalue weighted by Gasteiger charge is 2.40. The lowest BCUT2D eigenvalue weighted by molar-refractivity contribution is 0.0663. The lowest BCUT2D eigenvalue weighted by atomic mass is 10.0. The molecule has 2 amide bonds. The van der Waals surface area contributed by atoms with Crippen LogP contribution in [0.4, 0.5) is 4.39 Å². The molecular weight excluding hydrogens is 337 g/mol. The average Bonchev–Trinajstić information content (AvgIpc) is 2.90. The molecule has 2 aliphatic heterocycles. The molecule has 0 fully saturated rings. The summed E-state index contributed by atoms with van der Waals surface area (Å²) in [5.74, 6) is -1.11. The number of nitrogens with zero attached hydrogens (tertiary/aromatic N) is 3. The highest BCUT2D eigenvalue weighted by atomic mass is 19.1. The van der Waals surface area contributed by atoms with E-state index in [4.69, 9.17) is 0 Å². The maximum absolute atomic E-state index is 13.1. The first-order valence-electron chi connectivity index (χ1n) is 8.63. The van der Waals surface area contributed by atoms with E-state index >= 15 is 0 Å². The number of likely N-dealkylation sites (N-methyl/N-ethyl adjacent to an activating group) is 1. The number of aromatic nitrogens is 1. The fourth-order valence-electron chi connectivity index (χ4n) is 3.77. The Hall–Kier alpha value is -2.83. The maximum Gasteiger partial charge on any atom is 0.274 e. The number of amides is 2. The van der Waals surface area contributed by atoms with E-state index in [1.807, 2.05) is 6.92 Å². The van der Waals surface area contributed by atoms with Crippen molar-refractivity contribution in [2.24, 2.45) is 0 Å². The molecule has 1 N–H and O–H groups in total. The predicted molar refractivity (Wildman–Crippen MR) is 92.5 cm³/mol. The third kappa shape index (κ3) is 2.38. The van der Waals surface area contributed by atoms with E-state index in [9.17, 15) is 19.1 Å². The van der Waals surface area contributed by atoms with Gasteiger partial charge in [0.1, 0.15) is 11.4 Å². The van der Waals surface area contributed by atoms with Crippen LogP contribution in [0.25, 0.3) is 0 Å². The second-order valence-corrected chi connectivity index (χ2v) is 7.00. The van der Waals surface area contributed by atoms with Gasteiger partial charge in [-0.25, -0.2) is 4.39 Å². The van der Waals surface area contributed by atoms with Crippen molar-refractivity contribution in [2.75, 3.05) is 13.6 Å². The first-order valence-corrected chi connectivity index (χ1v) is 8.63. The molecule has 136 valence electrons. The summed E-state index contributed by atoms with van der Waals surface area (Å²) < 4.78 is 14.9. The van der Waals surface area contributed by atoms with Gasteiger partial charge < -0.3 is 19.5 Å². The van der Waals surface area contributed by atoms with Crippen LogP contribution < -0.4 is 0 Å². The summed E-state index contributed by atoms with van der Waals surface area (Å²) in [5.41, 5.74) is 1.97. The van der Waals surface area contributed by atoms with Gasteiger partial charge in [-0.15, -0.1) is 0 Å². The van der Waals surface area contributed by atoms with Gasteiger partial charge in [0.05, 0.1) is 0 Å². The number of fused-ring (bicyclic) bond motifs is 3. The van der Waals surface area contributed by atoms with Gasteiger partial charge >= 0.3 is 0 Å². The van der Waals surface area contributed by atoms with Gasteiger partial charge in [0, 0.05) is 44.8 Å². The topological polar surface area (TPSA) is 65.8 Å². The number of hydrogen-bond donors (Lipinski definition) is 1. The first kappa shape index (κ1) is 16.6. The normalized spacial score (nSPS) is 19.6. The Morgan fingerprint density at radius 2 is 1.88 bits per heavy atom. The number of halogens is 1. The SMILES string of the molecule is CC1Cn2c3c(c(O)c2C(=O)N1C)C(=O)N(Cc1ccc(F)cc1)CC3. The van der Waals surface area contributed by atoms with Crippen molar-refractivity contribution < 1.29 is 19.1 Å². The number of carbonyl (C=O) groups excluding carboxylic acids is 2. The van der Waals surface area contributed by atoms with E-state index in [1.54, 1.807) is 33.5 Å². The number of aromatic hydroxyl groups is 1. The van der Waals surface area contributed by atoms with Crippen LogP contribution in [0.5, 0.6) is 5.75 Å². The number of carbonyl (C=O) groups is 2. The summed E-state index contributed by atoms with van der Waals surface area (Å²) in [4.78, 5) is 28.7. The van der Waals surface area contributed by atoms with Gasteiger partial charge in [-0.1, -0.05) is 12.1 Å². The molecule has 7 heteroatoms. The molecule has 4 rings (SSSR count). The van der Waals surface area contributed by atoms with Crippen LogP contribution in [-0.2, 0) is 19.5 Å². The van der Waals surface area contributed by atoms with Crippen molar-refractivity contribution >= 4 is 11.8 Å². The standard InChI is InChI=1S/C19H20FN3O3/c1-11-9-23-14-7-8-22(10-12-3-5-13(20)6-4-12)18(25)15(14)17(24)16(23)19(26)21(11)2/h3-6,11,24H,7-10H2,1-2H3. The molecule has 3 heterocycles. The summed E-state index contributed by atoms with van der Waals surface area (Å²) in [6, 6.07) is 6.00. The molecule has 2 aliphatic rings. The summed E-state index contributed by atoms with van der Waals surface area (Å²) >= 11 is 0. The zero-order valence-electron chi connectivity index (χ0n) is 14.7. The molecule has 0 bridgehead atoms. The quantitative estimate of drug-likeness (QED) is 0.894. The third-order valence-corrected chi connectivity index (χ3v) is 5.38. The summed E-state index contributed by atoms with van der Waals surface area (Å²) in [5, 5.41) is 10.6. The third-order valence-electron chi connectivity index (χ3n) is 5.38. The van der Waals surface area contributed by atoms with Crippen molar-refractivity contribution in [3.63, 3.8) is 0 Å². The highest BCUT2D eigenvalue weighted by molar-refractivity contribution is 6.05. The minimum Gasteiger partial charge on any atom is -0.505 e. The second-order valence-electron chi connectivity index (χ2n) is 7.00. The zero-order valence-corrected chi connectivity index (χ0v) is 14.7.